The largest absolute Gasteiger partial charge is 0.399 e. The summed E-state index contributed by atoms with van der Waals surface area (Å²) in [5, 5.41) is 0. The molecule has 0 fully saturated rings. The average Bonchev–Trinajstić information content (AvgIpc) is 2.81. The van der Waals surface area contributed by atoms with Crippen LogP contribution in [-0.2, 0) is 6.42 Å². The fraction of sp³-hybridized carbons (Fsp3) is 0.133. The Balaban J connectivity index is 2.24. The van der Waals surface area contributed by atoms with Gasteiger partial charge in [-0.1, -0.05) is 22.9 Å². The highest BCUT2D eigenvalue weighted by Gasteiger charge is 2.08. The van der Waals surface area contributed by atoms with Crippen molar-refractivity contribution in [2.24, 2.45) is 0 Å². The standard InChI is InChI=1S/C15H14BrN3/c1-2-10-7-11(16)3-5-14(10)19-9-18-13-8-12(17)4-6-15(13)19/h3-9H,2,17H2,1H3. The van der Waals surface area contributed by atoms with Crippen LogP contribution in [0.4, 0.5) is 5.69 Å². The number of nitrogen functional groups attached to an aromatic ring is 1. The molecule has 0 atom stereocenters. The van der Waals surface area contributed by atoms with Crippen molar-refractivity contribution in [2.45, 2.75) is 13.3 Å². The first-order valence-corrected chi connectivity index (χ1v) is 6.99. The summed E-state index contributed by atoms with van der Waals surface area (Å²) < 4.78 is 3.21. The molecule has 1 heterocycles. The lowest BCUT2D eigenvalue weighted by atomic mass is 10.1. The third-order valence-electron chi connectivity index (χ3n) is 3.25. The zero-order valence-electron chi connectivity index (χ0n) is 10.6. The van der Waals surface area contributed by atoms with Crippen LogP contribution in [0.5, 0.6) is 0 Å². The van der Waals surface area contributed by atoms with Crippen molar-refractivity contribution in [3.05, 3.63) is 52.8 Å². The second-order valence-electron chi connectivity index (χ2n) is 4.49. The Labute approximate surface area is 120 Å². The molecule has 19 heavy (non-hydrogen) atoms. The Morgan fingerprint density at radius 1 is 1.21 bits per heavy atom. The first kappa shape index (κ1) is 12.2. The molecule has 96 valence electrons. The van der Waals surface area contributed by atoms with Crippen LogP contribution in [-0.4, -0.2) is 9.55 Å². The van der Waals surface area contributed by atoms with Crippen molar-refractivity contribution in [1.82, 2.24) is 9.55 Å². The highest BCUT2D eigenvalue weighted by atomic mass is 79.9. The van der Waals surface area contributed by atoms with Crippen LogP contribution in [0.3, 0.4) is 0 Å². The predicted octanol–water partition coefficient (Wildman–Crippen LogP) is 3.93. The summed E-state index contributed by atoms with van der Waals surface area (Å²) in [6.07, 6.45) is 2.83. The van der Waals surface area contributed by atoms with Gasteiger partial charge in [-0.2, -0.15) is 0 Å². The maximum Gasteiger partial charge on any atom is 0.100 e. The van der Waals surface area contributed by atoms with E-state index in [2.05, 4.69) is 50.6 Å². The maximum atomic E-state index is 5.79. The van der Waals surface area contributed by atoms with Gasteiger partial charge < -0.3 is 5.73 Å². The molecular formula is C15H14BrN3. The highest BCUT2D eigenvalue weighted by molar-refractivity contribution is 9.10. The molecular weight excluding hydrogens is 302 g/mol. The monoisotopic (exact) mass is 315 g/mol. The minimum Gasteiger partial charge on any atom is -0.399 e. The van der Waals surface area contributed by atoms with Crippen molar-refractivity contribution < 1.29 is 0 Å². The van der Waals surface area contributed by atoms with E-state index in [9.17, 15) is 0 Å². The van der Waals surface area contributed by atoms with E-state index in [0.717, 1.165) is 33.3 Å². The van der Waals surface area contributed by atoms with E-state index in [4.69, 9.17) is 5.73 Å². The first-order valence-electron chi connectivity index (χ1n) is 6.20. The normalized spacial score (nSPS) is 11.1. The van der Waals surface area contributed by atoms with E-state index >= 15 is 0 Å². The molecule has 3 rings (SSSR count). The van der Waals surface area contributed by atoms with Crippen LogP contribution in [0, 0.1) is 0 Å². The molecule has 0 spiro atoms. The molecule has 2 N–H and O–H groups in total. The Morgan fingerprint density at radius 2 is 2.05 bits per heavy atom. The van der Waals surface area contributed by atoms with E-state index < -0.39 is 0 Å². The number of benzene rings is 2. The van der Waals surface area contributed by atoms with Crippen molar-refractivity contribution in [1.29, 1.82) is 0 Å². The summed E-state index contributed by atoms with van der Waals surface area (Å²) in [7, 11) is 0. The number of nitrogens with two attached hydrogens (primary N) is 1. The Morgan fingerprint density at radius 3 is 2.84 bits per heavy atom. The quantitative estimate of drug-likeness (QED) is 0.728. The number of hydrogen-bond donors (Lipinski definition) is 1. The van der Waals surface area contributed by atoms with Gasteiger partial charge in [0.2, 0.25) is 0 Å². The van der Waals surface area contributed by atoms with E-state index in [-0.39, 0.29) is 0 Å². The van der Waals surface area contributed by atoms with Gasteiger partial charge >= 0.3 is 0 Å². The Kier molecular flexibility index (Phi) is 3.03. The summed E-state index contributed by atoms with van der Waals surface area (Å²) in [6, 6.07) is 12.1. The Hall–Kier alpha value is -1.81. The lowest BCUT2D eigenvalue weighted by molar-refractivity contribution is 1.02. The van der Waals surface area contributed by atoms with Gasteiger partial charge in [0.15, 0.2) is 0 Å². The maximum absolute atomic E-state index is 5.79. The zero-order chi connectivity index (χ0) is 13.4. The molecule has 0 aliphatic rings. The summed E-state index contributed by atoms with van der Waals surface area (Å²) in [5.41, 5.74) is 11.0. The van der Waals surface area contributed by atoms with Crippen molar-refractivity contribution in [3.8, 4) is 5.69 Å². The van der Waals surface area contributed by atoms with Crippen LogP contribution in [0.1, 0.15) is 12.5 Å². The van der Waals surface area contributed by atoms with Gasteiger partial charge in [-0.25, -0.2) is 4.98 Å². The zero-order valence-corrected chi connectivity index (χ0v) is 12.2. The smallest absolute Gasteiger partial charge is 0.100 e. The molecule has 0 unspecified atom stereocenters. The topological polar surface area (TPSA) is 43.8 Å². The number of anilines is 1. The minimum atomic E-state index is 0.740. The molecule has 4 heteroatoms. The number of rotatable bonds is 2. The fourth-order valence-electron chi connectivity index (χ4n) is 2.29. The van der Waals surface area contributed by atoms with Crippen LogP contribution >= 0.6 is 15.9 Å². The first-order chi connectivity index (χ1) is 9.19. The predicted molar refractivity (Wildman–Crippen MR) is 82.6 cm³/mol. The van der Waals surface area contributed by atoms with Gasteiger partial charge in [0, 0.05) is 10.2 Å². The van der Waals surface area contributed by atoms with E-state index in [1.54, 1.807) is 0 Å². The molecule has 3 nitrogen and oxygen atoms in total. The number of hydrogen-bond acceptors (Lipinski definition) is 2. The molecule has 0 saturated carbocycles. The molecule has 2 aromatic carbocycles. The third-order valence-corrected chi connectivity index (χ3v) is 3.75. The summed E-state index contributed by atoms with van der Waals surface area (Å²) >= 11 is 3.52. The van der Waals surface area contributed by atoms with Crippen LogP contribution in [0.15, 0.2) is 47.2 Å². The van der Waals surface area contributed by atoms with Gasteiger partial charge in [-0.15, -0.1) is 0 Å². The van der Waals surface area contributed by atoms with E-state index in [1.165, 1.54) is 5.56 Å². The van der Waals surface area contributed by atoms with E-state index in [1.807, 2.05) is 24.5 Å². The molecule has 0 saturated heterocycles. The fourth-order valence-corrected chi connectivity index (χ4v) is 2.70. The summed E-state index contributed by atoms with van der Waals surface area (Å²) in [6.45, 7) is 2.16. The molecule has 0 amide bonds. The van der Waals surface area contributed by atoms with Gasteiger partial charge in [-0.05, 0) is 48.4 Å². The number of halogens is 1. The second kappa shape index (κ2) is 4.70. The number of nitrogens with zero attached hydrogens (tertiary/aromatic N) is 2. The van der Waals surface area contributed by atoms with Crippen molar-refractivity contribution in [2.75, 3.05) is 5.73 Å². The third kappa shape index (κ3) is 2.12. The number of aromatic nitrogens is 2. The van der Waals surface area contributed by atoms with Crippen LogP contribution in [0.2, 0.25) is 0 Å². The van der Waals surface area contributed by atoms with Gasteiger partial charge in [-0.3, -0.25) is 4.57 Å². The molecule has 0 aliphatic carbocycles. The van der Waals surface area contributed by atoms with Crippen molar-refractivity contribution >= 4 is 32.7 Å². The SMILES string of the molecule is CCc1cc(Br)ccc1-n1cnc2cc(N)ccc21. The highest BCUT2D eigenvalue weighted by Crippen LogP contribution is 2.25. The summed E-state index contributed by atoms with van der Waals surface area (Å²) in [4.78, 5) is 4.42. The average molecular weight is 316 g/mol. The molecule has 0 radical (unpaired) electrons. The van der Waals surface area contributed by atoms with Crippen LogP contribution in [0.25, 0.3) is 16.7 Å². The van der Waals surface area contributed by atoms with Gasteiger partial charge in [0.1, 0.15) is 6.33 Å². The van der Waals surface area contributed by atoms with Gasteiger partial charge in [0.25, 0.3) is 0 Å². The number of aryl methyl sites for hydroxylation is 1. The number of imidazole rings is 1. The second-order valence-corrected chi connectivity index (χ2v) is 5.40. The summed E-state index contributed by atoms with van der Waals surface area (Å²) in [5.74, 6) is 0. The van der Waals surface area contributed by atoms with Crippen molar-refractivity contribution in [3.63, 3.8) is 0 Å². The Bertz CT molecular complexity index is 746. The molecule has 0 bridgehead atoms. The lowest BCUT2D eigenvalue weighted by Crippen LogP contribution is -1.97. The minimum absolute atomic E-state index is 0.740. The van der Waals surface area contributed by atoms with Crippen LogP contribution < -0.4 is 5.73 Å². The molecule has 0 aliphatic heterocycles. The van der Waals surface area contributed by atoms with E-state index in [0.29, 0.717) is 0 Å². The number of fused-ring (bicyclic) bond motifs is 1. The molecule has 3 aromatic rings. The lowest BCUT2D eigenvalue weighted by Gasteiger charge is -2.10. The van der Waals surface area contributed by atoms with Gasteiger partial charge in [0.05, 0.1) is 16.7 Å². The molecule has 1 aromatic heterocycles.